The van der Waals surface area contributed by atoms with Gasteiger partial charge in [0.15, 0.2) is 0 Å². The van der Waals surface area contributed by atoms with Crippen LogP contribution in [0, 0.1) is 22.7 Å². The summed E-state index contributed by atoms with van der Waals surface area (Å²) < 4.78 is 0. The highest BCUT2D eigenvalue weighted by molar-refractivity contribution is 6.05. The SMILES string of the molecule is CCCC(=O)C(C)(C)C(=O)N1CC(C)CC1C#N. The van der Waals surface area contributed by atoms with Crippen LogP contribution in [0.25, 0.3) is 0 Å². The Labute approximate surface area is 109 Å². The molecule has 1 aliphatic rings. The molecule has 1 saturated heterocycles. The molecule has 4 heteroatoms. The van der Waals surface area contributed by atoms with E-state index < -0.39 is 5.41 Å². The largest absolute Gasteiger partial charge is 0.326 e. The molecule has 0 spiro atoms. The van der Waals surface area contributed by atoms with Gasteiger partial charge in [0, 0.05) is 13.0 Å². The van der Waals surface area contributed by atoms with E-state index in [1.807, 2.05) is 13.8 Å². The summed E-state index contributed by atoms with van der Waals surface area (Å²) in [6.07, 6.45) is 1.87. The maximum atomic E-state index is 12.5. The van der Waals surface area contributed by atoms with E-state index in [-0.39, 0.29) is 17.7 Å². The minimum atomic E-state index is -1.00. The molecule has 0 N–H and O–H groups in total. The van der Waals surface area contributed by atoms with Crippen molar-refractivity contribution in [3.05, 3.63) is 0 Å². The summed E-state index contributed by atoms with van der Waals surface area (Å²) in [6, 6.07) is 1.79. The molecule has 0 aromatic carbocycles. The molecule has 0 saturated carbocycles. The van der Waals surface area contributed by atoms with E-state index in [1.165, 1.54) is 0 Å². The van der Waals surface area contributed by atoms with Crippen LogP contribution < -0.4 is 0 Å². The van der Waals surface area contributed by atoms with Crippen LogP contribution >= 0.6 is 0 Å². The minimum absolute atomic E-state index is 0.0359. The van der Waals surface area contributed by atoms with Crippen molar-refractivity contribution in [2.45, 2.75) is 53.0 Å². The zero-order valence-electron chi connectivity index (χ0n) is 11.7. The molecule has 1 amide bonds. The van der Waals surface area contributed by atoms with Gasteiger partial charge in [0.1, 0.15) is 17.2 Å². The van der Waals surface area contributed by atoms with Crippen molar-refractivity contribution in [2.24, 2.45) is 11.3 Å². The average Bonchev–Trinajstić information content (AvgIpc) is 2.69. The molecule has 1 aliphatic heterocycles. The molecule has 2 unspecified atom stereocenters. The second kappa shape index (κ2) is 5.51. The van der Waals surface area contributed by atoms with Crippen LogP contribution in [0.15, 0.2) is 0 Å². The van der Waals surface area contributed by atoms with Crippen molar-refractivity contribution >= 4 is 11.7 Å². The smallest absolute Gasteiger partial charge is 0.236 e. The number of nitriles is 1. The molecule has 0 bridgehead atoms. The fraction of sp³-hybridized carbons (Fsp3) is 0.786. The van der Waals surface area contributed by atoms with Crippen molar-refractivity contribution in [3.63, 3.8) is 0 Å². The fourth-order valence-electron chi connectivity index (χ4n) is 2.41. The molecule has 18 heavy (non-hydrogen) atoms. The lowest BCUT2D eigenvalue weighted by molar-refractivity contribution is -0.147. The Bertz CT molecular complexity index is 382. The quantitative estimate of drug-likeness (QED) is 0.718. The van der Waals surface area contributed by atoms with Gasteiger partial charge in [-0.2, -0.15) is 5.26 Å². The lowest BCUT2D eigenvalue weighted by Crippen LogP contribution is -2.47. The number of carbonyl (C=O) groups excluding carboxylic acids is 2. The zero-order valence-corrected chi connectivity index (χ0v) is 11.7. The lowest BCUT2D eigenvalue weighted by atomic mass is 9.84. The van der Waals surface area contributed by atoms with Crippen molar-refractivity contribution in [2.75, 3.05) is 6.54 Å². The second-order valence-corrected chi connectivity index (χ2v) is 5.74. The van der Waals surface area contributed by atoms with E-state index in [2.05, 4.69) is 6.07 Å². The highest BCUT2D eigenvalue weighted by atomic mass is 16.2. The zero-order chi connectivity index (χ0) is 13.9. The van der Waals surface area contributed by atoms with Crippen LogP contribution in [-0.2, 0) is 9.59 Å². The van der Waals surface area contributed by atoms with Crippen LogP contribution in [0.5, 0.6) is 0 Å². The van der Waals surface area contributed by atoms with Crippen LogP contribution in [0.1, 0.15) is 47.0 Å². The second-order valence-electron chi connectivity index (χ2n) is 5.74. The summed E-state index contributed by atoms with van der Waals surface area (Å²) in [5, 5.41) is 9.08. The Morgan fingerprint density at radius 3 is 2.56 bits per heavy atom. The number of hydrogen-bond acceptors (Lipinski definition) is 3. The summed E-state index contributed by atoms with van der Waals surface area (Å²) in [5.74, 6) is 0.0961. The third kappa shape index (κ3) is 2.72. The molecular formula is C14H22N2O2. The third-order valence-corrected chi connectivity index (χ3v) is 3.63. The fourth-order valence-corrected chi connectivity index (χ4v) is 2.41. The Morgan fingerprint density at radius 2 is 2.06 bits per heavy atom. The predicted molar refractivity (Wildman–Crippen MR) is 68.6 cm³/mol. The molecule has 0 aliphatic carbocycles. The summed E-state index contributed by atoms with van der Waals surface area (Å²) in [4.78, 5) is 26.0. The number of rotatable bonds is 4. The first-order chi connectivity index (χ1) is 8.34. The molecule has 1 rings (SSSR count). The summed E-state index contributed by atoms with van der Waals surface area (Å²) >= 11 is 0. The first-order valence-corrected chi connectivity index (χ1v) is 6.58. The number of hydrogen-bond donors (Lipinski definition) is 0. The Morgan fingerprint density at radius 1 is 1.44 bits per heavy atom. The molecule has 4 nitrogen and oxygen atoms in total. The van der Waals surface area contributed by atoms with Gasteiger partial charge >= 0.3 is 0 Å². The van der Waals surface area contributed by atoms with Crippen molar-refractivity contribution in [1.29, 1.82) is 5.26 Å². The Hall–Kier alpha value is -1.37. The lowest BCUT2D eigenvalue weighted by Gasteiger charge is -2.29. The average molecular weight is 250 g/mol. The molecule has 1 heterocycles. The van der Waals surface area contributed by atoms with Crippen LogP contribution in [0.3, 0.4) is 0 Å². The molecular weight excluding hydrogens is 228 g/mol. The first kappa shape index (κ1) is 14.7. The van der Waals surface area contributed by atoms with Gasteiger partial charge in [-0.15, -0.1) is 0 Å². The highest BCUT2D eigenvalue weighted by Crippen LogP contribution is 2.30. The van der Waals surface area contributed by atoms with E-state index >= 15 is 0 Å². The van der Waals surface area contributed by atoms with Crippen molar-refractivity contribution in [3.8, 4) is 6.07 Å². The Balaban J connectivity index is 2.86. The normalized spacial score (nSPS) is 23.8. The Kier molecular flexibility index (Phi) is 4.50. The maximum Gasteiger partial charge on any atom is 0.236 e. The number of nitrogens with zero attached hydrogens (tertiary/aromatic N) is 2. The molecule has 0 aromatic heterocycles. The van der Waals surface area contributed by atoms with Gasteiger partial charge in [0.05, 0.1) is 6.07 Å². The van der Waals surface area contributed by atoms with Gasteiger partial charge in [-0.3, -0.25) is 9.59 Å². The molecule has 2 atom stereocenters. The van der Waals surface area contributed by atoms with E-state index in [0.29, 0.717) is 25.3 Å². The number of likely N-dealkylation sites (tertiary alicyclic amines) is 1. The summed E-state index contributed by atoms with van der Waals surface area (Å²) in [7, 11) is 0. The topological polar surface area (TPSA) is 61.2 Å². The van der Waals surface area contributed by atoms with E-state index in [9.17, 15) is 9.59 Å². The van der Waals surface area contributed by atoms with Gasteiger partial charge in [0.25, 0.3) is 0 Å². The molecule has 0 aromatic rings. The van der Waals surface area contributed by atoms with Gasteiger partial charge in [-0.05, 0) is 32.6 Å². The van der Waals surface area contributed by atoms with Crippen LogP contribution in [0.4, 0.5) is 0 Å². The van der Waals surface area contributed by atoms with Crippen LogP contribution in [-0.4, -0.2) is 29.2 Å². The van der Waals surface area contributed by atoms with E-state index in [1.54, 1.807) is 18.7 Å². The highest BCUT2D eigenvalue weighted by Gasteiger charge is 2.43. The van der Waals surface area contributed by atoms with Crippen molar-refractivity contribution in [1.82, 2.24) is 4.90 Å². The van der Waals surface area contributed by atoms with Gasteiger partial charge in [0.2, 0.25) is 5.91 Å². The monoisotopic (exact) mass is 250 g/mol. The van der Waals surface area contributed by atoms with Crippen LogP contribution in [0.2, 0.25) is 0 Å². The van der Waals surface area contributed by atoms with E-state index in [4.69, 9.17) is 5.26 Å². The van der Waals surface area contributed by atoms with Crippen molar-refractivity contribution < 1.29 is 9.59 Å². The first-order valence-electron chi connectivity index (χ1n) is 6.58. The number of amides is 1. The van der Waals surface area contributed by atoms with Gasteiger partial charge < -0.3 is 4.90 Å². The maximum absolute atomic E-state index is 12.5. The number of Topliss-reactive ketones (excluding diaryl/α,β-unsaturated/α-hetero) is 1. The van der Waals surface area contributed by atoms with E-state index in [0.717, 1.165) is 6.42 Å². The summed E-state index contributed by atoms with van der Waals surface area (Å²) in [6.45, 7) is 7.88. The number of ketones is 1. The molecule has 100 valence electrons. The standard InChI is InChI=1S/C14H22N2O2/c1-5-6-12(17)14(3,4)13(18)16-9-10(2)7-11(16)8-15/h10-11H,5-7,9H2,1-4H3. The molecule has 1 fully saturated rings. The van der Waals surface area contributed by atoms with Gasteiger partial charge in [-0.25, -0.2) is 0 Å². The number of carbonyl (C=O) groups is 2. The predicted octanol–water partition coefficient (Wildman–Crippen LogP) is 2.14. The van der Waals surface area contributed by atoms with Gasteiger partial charge in [-0.1, -0.05) is 13.8 Å². The third-order valence-electron chi connectivity index (χ3n) is 3.63. The summed E-state index contributed by atoms with van der Waals surface area (Å²) in [5.41, 5.74) is -1.00. The minimum Gasteiger partial charge on any atom is -0.326 e. The molecule has 0 radical (unpaired) electrons.